The first kappa shape index (κ1) is 17.1. The number of hydrogen-bond donors (Lipinski definition) is 3. The van der Waals surface area contributed by atoms with E-state index in [9.17, 15) is 14.7 Å². The van der Waals surface area contributed by atoms with Crippen molar-refractivity contribution in [3.8, 4) is 5.75 Å². The van der Waals surface area contributed by atoms with E-state index in [1.807, 2.05) is 0 Å². The zero-order valence-corrected chi connectivity index (χ0v) is 13.7. The van der Waals surface area contributed by atoms with Crippen molar-refractivity contribution < 1.29 is 14.7 Å². The average Bonchev–Trinajstić information content (AvgIpc) is 2.49. The molecule has 0 fully saturated rings. The Morgan fingerprint density at radius 2 is 1.78 bits per heavy atom. The van der Waals surface area contributed by atoms with Crippen LogP contribution in [-0.4, -0.2) is 23.0 Å². The third-order valence-corrected chi connectivity index (χ3v) is 3.51. The van der Waals surface area contributed by atoms with E-state index in [0.29, 0.717) is 15.7 Å². The average molecular weight is 353 g/mol. The van der Waals surface area contributed by atoms with E-state index < -0.39 is 17.9 Å². The lowest BCUT2D eigenvalue weighted by molar-refractivity contribution is -0.117. The van der Waals surface area contributed by atoms with Gasteiger partial charge in [-0.15, -0.1) is 0 Å². The fourth-order valence-electron chi connectivity index (χ4n) is 1.85. The number of aromatic hydroxyl groups is 1. The SMILES string of the molecule is C[C@H](NC(=O)c1cc(Cl)ccc1O)C(=O)Nc1cccc(Cl)c1. The van der Waals surface area contributed by atoms with Crippen molar-refractivity contribution in [1.29, 1.82) is 0 Å². The molecule has 0 aliphatic heterocycles. The number of carbonyl (C=O) groups excluding carboxylic acids is 2. The van der Waals surface area contributed by atoms with Crippen LogP contribution in [0.25, 0.3) is 0 Å². The molecule has 0 saturated carbocycles. The van der Waals surface area contributed by atoms with E-state index >= 15 is 0 Å². The molecular weight excluding hydrogens is 339 g/mol. The number of rotatable bonds is 4. The topological polar surface area (TPSA) is 78.4 Å². The minimum Gasteiger partial charge on any atom is -0.507 e. The third kappa shape index (κ3) is 4.61. The number of halogens is 2. The van der Waals surface area contributed by atoms with Crippen LogP contribution in [-0.2, 0) is 4.79 Å². The molecule has 2 aromatic carbocycles. The molecule has 5 nitrogen and oxygen atoms in total. The minimum atomic E-state index is -0.820. The fourth-order valence-corrected chi connectivity index (χ4v) is 2.21. The highest BCUT2D eigenvalue weighted by Gasteiger charge is 2.19. The molecule has 0 unspecified atom stereocenters. The molecule has 2 amide bonds. The van der Waals surface area contributed by atoms with Crippen LogP contribution in [0, 0.1) is 0 Å². The summed E-state index contributed by atoms with van der Waals surface area (Å²) in [5.74, 6) is -1.23. The third-order valence-electron chi connectivity index (χ3n) is 3.04. The second-order valence-corrected chi connectivity index (χ2v) is 5.73. The van der Waals surface area contributed by atoms with E-state index in [2.05, 4.69) is 10.6 Å². The number of nitrogens with one attached hydrogen (secondary N) is 2. The van der Waals surface area contributed by atoms with Gasteiger partial charge in [-0.2, -0.15) is 0 Å². The summed E-state index contributed by atoms with van der Waals surface area (Å²) in [6.45, 7) is 1.53. The molecule has 0 saturated heterocycles. The first-order chi connectivity index (χ1) is 10.9. The molecule has 0 aromatic heterocycles. The van der Waals surface area contributed by atoms with E-state index in [1.54, 1.807) is 24.3 Å². The largest absolute Gasteiger partial charge is 0.507 e. The Kier molecular flexibility index (Phi) is 5.47. The summed E-state index contributed by atoms with van der Waals surface area (Å²) in [5.41, 5.74) is 0.522. The van der Waals surface area contributed by atoms with Gasteiger partial charge in [-0.1, -0.05) is 29.3 Å². The maximum Gasteiger partial charge on any atom is 0.255 e. The van der Waals surface area contributed by atoms with Gasteiger partial charge >= 0.3 is 0 Å². The molecule has 1 atom stereocenters. The lowest BCUT2D eigenvalue weighted by Gasteiger charge is -2.15. The summed E-state index contributed by atoms with van der Waals surface area (Å²) < 4.78 is 0. The van der Waals surface area contributed by atoms with Crippen LogP contribution in [0.15, 0.2) is 42.5 Å². The highest BCUT2D eigenvalue weighted by atomic mass is 35.5. The highest BCUT2D eigenvalue weighted by molar-refractivity contribution is 6.31. The number of phenolic OH excluding ortho intramolecular Hbond substituents is 1. The van der Waals surface area contributed by atoms with Crippen LogP contribution in [0.3, 0.4) is 0 Å². The number of anilines is 1. The predicted octanol–water partition coefficient (Wildman–Crippen LogP) is 3.46. The number of amides is 2. The summed E-state index contributed by atoms with van der Waals surface area (Å²) in [5, 5.41) is 15.6. The molecule has 0 aliphatic rings. The maximum atomic E-state index is 12.1. The lowest BCUT2D eigenvalue weighted by Crippen LogP contribution is -2.41. The Bertz CT molecular complexity index is 750. The monoisotopic (exact) mass is 352 g/mol. The van der Waals surface area contributed by atoms with E-state index in [0.717, 1.165) is 0 Å². The second-order valence-electron chi connectivity index (χ2n) is 4.86. The van der Waals surface area contributed by atoms with Gasteiger partial charge in [0.15, 0.2) is 0 Å². The molecule has 7 heteroatoms. The number of carbonyl (C=O) groups is 2. The molecule has 0 radical (unpaired) electrons. The van der Waals surface area contributed by atoms with Crippen molar-refractivity contribution in [3.63, 3.8) is 0 Å². The molecule has 23 heavy (non-hydrogen) atoms. The molecule has 0 bridgehead atoms. The predicted molar refractivity (Wildman–Crippen MR) is 90.1 cm³/mol. The van der Waals surface area contributed by atoms with E-state index in [4.69, 9.17) is 23.2 Å². The minimum absolute atomic E-state index is 0.0000874. The summed E-state index contributed by atoms with van der Waals surface area (Å²) in [6, 6.07) is 9.94. The van der Waals surface area contributed by atoms with Gasteiger partial charge < -0.3 is 15.7 Å². The quantitative estimate of drug-likeness (QED) is 0.788. The van der Waals surface area contributed by atoms with Crippen molar-refractivity contribution in [2.24, 2.45) is 0 Å². The molecule has 2 aromatic rings. The van der Waals surface area contributed by atoms with Crippen LogP contribution in [0.2, 0.25) is 10.0 Å². The summed E-state index contributed by atoms with van der Waals surface area (Å²) >= 11 is 11.6. The van der Waals surface area contributed by atoms with Crippen molar-refractivity contribution >= 4 is 40.7 Å². The zero-order valence-electron chi connectivity index (χ0n) is 12.1. The van der Waals surface area contributed by atoms with E-state index in [1.165, 1.54) is 25.1 Å². The first-order valence-corrected chi connectivity index (χ1v) is 7.48. The first-order valence-electron chi connectivity index (χ1n) is 6.72. The Labute approximate surface area is 143 Å². The van der Waals surface area contributed by atoms with Crippen LogP contribution in [0.5, 0.6) is 5.75 Å². The van der Waals surface area contributed by atoms with Gasteiger partial charge in [0.2, 0.25) is 5.91 Å². The van der Waals surface area contributed by atoms with Crippen molar-refractivity contribution in [3.05, 3.63) is 58.1 Å². The molecule has 120 valence electrons. The lowest BCUT2D eigenvalue weighted by atomic mass is 10.1. The smallest absolute Gasteiger partial charge is 0.255 e. The number of hydrogen-bond acceptors (Lipinski definition) is 3. The standard InChI is InChI=1S/C16H14Cl2N2O3/c1-9(15(22)20-12-4-2-3-10(17)7-12)19-16(23)13-8-11(18)5-6-14(13)21/h2-9,21H,1H3,(H,19,23)(H,20,22)/t9-/m0/s1. The summed E-state index contributed by atoms with van der Waals surface area (Å²) in [7, 11) is 0. The van der Waals surface area contributed by atoms with Crippen LogP contribution in [0.4, 0.5) is 5.69 Å². The molecular formula is C16H14Cl2N2O3. The van der Waals surface area contributed by atoms with Crippen molar-refractivity contribution in [1.82, 2.24) is 5.32 Å². The van der Waals surface area contributed by atoms with Crippen LogP contribution >= 0.6 is 23.2 Å². The number of phenols is 1. The van der Waals surface area contributed by atoms with Gasteiger partial charge in [0.1, 0.15) is 11.8 Å². The maximum absolute atomic E-state index is 12.1. The Balaban J connectivity index is 2.03. The molecule has 2 rings (SSSR count). The second kappa shape index (κ2) is 7.35. The zero-order chi connectivity index (χ0) is 17.0. The van der Waals surface area contributed by atoms with Crippen LogP contribution in [0.1, 0.15) is 17.3 Å². The van der Waals surface area contributed by atoms with E-state index in [-0.39, 0.29) is 11.3 Å². The van der Waals surface area contributed by atoms with Gasteiger partial charge in [-0.3, -0.25) is 9.59 Å². The summed E-state index contributed by atoms with van der Waals surface area (Å²) in [6.07, 6.45) is 0. The molecule has 3 N–H and O–H groups in total. The van der Waals surface area contributed by atoms with Crippen LogP contribution < -0.4 is 10.6 Å². The Morgan fingerprint density at radius 1 is 1.09 bits per heavy atom. The van der Waals surface area contributed by atoms with Gasteiger partial charge in [-0.05, 0) is 43.3 Å². The van der Waals surface area contributed by atoms with Gasteiger partial charge in [0.25, 0.3) is 5.91 Å². The molecule has 0 aliphatic carbocycles. The van der Waals surface area contributed by atoms with Crippen molar-refractivity contribution in [2.45, 2.75) is 13.0 Å². The van der Waals surface area contributed by atoms with Gasteiger partial charge in [-0.25, -0.2) is 0 Å². The molecule has 0 heterocycles. The molecule has 0 spiro atoms. The van der Waals surface area contributed by atoms with Gasteiger partial charge in [0, 0.05) is 15.7 Å². The highest BCUT2D eigenvalue weighted by Crippen LogP contribution is 2.21. The number of benzene rings is 2. The normalized spacial score (nSPS) is 11.6. The van der Waals surface area contributed by atoms with Crippen molar-refractivity contribution in [2.75, 3.05) is 5.32 Å². The summed E-state index contributed by atoms with van der Waals surface area (Å²) in [4.78, 5) is 24.2. The van der Waals surface area contributed by atoms with Gasteiger partial charge in [0.05, 0.1) is 5.56 Å². The Morgan fingerprint density at radius 3 is 2.48 bits per heavy atom. The Hall–Kier alpha value is -2.24. The fraction of sp³-hybridized carbons (Fsp3) is 0.125.